The second-order valence-electron chi connectivity index (χ2n) is 5.27. The number of hydrogen-bond donors (Lipinski definition) is 4. The third kappa shape index (κ3) is 5.85. The lowest BCUT2D eigenvalue weighted by atomic mass is 10.2. The van der Waals surface area contributed by atoms with Gasteiger partial charge in [0.25, 0.3) is 5.91 Å². The number of nitrogens with one attached hydrogen (secondary N) is 3. The normalized spacial score (nSPS) is 11.5. The highest BCUT2D eigenvalue weighted by Crippen LogP contribution is 2.23. The molecule has 0 fully saturated rings. The number of methoxy groups -OCH3 is 1. The van der Waals surface area contributed by atoms with Gasteiger partial charge in [0.15, 0.2) is 5.71 Å². The maximum Gasteiger partial charge on any atom is 0.332 e. The van der Waals surface area contributed by atoms with Crippen LogP contribution in [-0.2, 0) is 4.79 Å². The SMILES string of the molecule is COc1ccccc1NC(=O)C(=NNc1ccccc1)/C(C)=N\NC(N)=O. The smallest absolute Gasteiger partial charge is 0.332 e. The summed E-state index contributed by atoms with van der Waals surface area (Å²) >= 11 is 0. The van der Waals surface area contributed by atoms with Crippen molar-refractivity contribution in [3.63, 3.8) is 0 Å². The Morgan fingerprint density at radius 1 is 1.00 bits per heavy atom. The van der Waals surface area contributed by atoms with Crippen LogP contribution in [0.3, 0.4) is 0 Å². The number of anilines is 2. The summed E-state index contributed by atoms with van der Waals surface area (Å²) in [6.45, 7) is 1.52. The highest BCUT2D eigenvalue weighted by molar-refractivity contribution is 6.68. The monoisotopic (exact) mass is 368 g/mol. The van der Waals surface area contributed by atoms with E-state index in [0.717, 1.165) is 0 Å². The first-order valence-electron chi connectivity index (χ1n) is 7.94. The van der Waals surface area contributed by atoms with Crippen LogP contribution < -0.4 is 26.6 Å². The molecule has 0 atom stereocenters. The van der Waals surface area contributed by atoms with Crippen LogP contribution in [-0.4, -0.2) is 30.5 Å². The van der Waals surface area contributed by atoms with E-state index in [4.69, 9.17) is 10.5 Å². The molecule has 0 saturated carbocycles. The van der Waals surface area contributed by atoms with Gasteiger partial charge in [0.05, 0.1) is 24.2 Å². The molecule has 9 heteroatoms. The predicted molar refractivity (Wildman–Crippen MR) is 105 cm³/mol. The maximum absolute atomic E-state index is 12.7. The van der Waals surface area contributed by atoms with E-state index in [1.807, 2.05) is 18.2 Å². The molecule has 3 amide bonds. The molecule has 2 aromatic carbocycles. The molecule has 0 unspecified atom stereocenters. The quantitative estimate of drug-likeness (QED) is 0.440. The Labute approximate surface area is 156 Å². The zero-order valence-corrected chi connectivity index (χ0v) is 14.9. The topological polar surface area (TPSA) is 130 Å². The minimum Gasteiger partial charge on any atom is -0.495 e. The van der Waals surface area contributed by atoms with Crippen molar-refractivity contribution >= 4 is 34.7 Å². The van der Waals surface area contributed by atoms with Crippen LogP contribution in [0.25, 0.3) is 0 Å². The van der Waals surface area contributed by atoms with E-state index in [1.54, 1.807) is 36.4 Å². The predicted octanol–water partition coefficient (Wildman–Crippen LogP) is 2.15. The van der Waals surface area contributed by atoms with E-state index in [0.29, 0.717) is 17.1 Å². The Hall–Kier alpha value is -3.88. The number of hydrogen-bond acceptors (Lipinski definition) is 6. The van der Waals surface area contributed by atoms with Gasteiger partial charge in [-0.05, 0) is 31.2 Å². The average molecular weight is 368 g/mol. The molecule has 0 bridgehead atoms. The van der Waals surface area contributed by atoms with Gasteiger partial charge in [0.2, 0.25) is 0 Å². The molecule has 27 heavy (non-hydrogen) atoms. The van der Waals surface area contributed by atoms with Gasteiger partial charge >= 0.3 is 6.03 Å². The van der Waals surface area contributed by atoms with Crippen LogP contribution in [0.1, 0.15) is 6.92 Å². The van der Waals surface area contributed by atoms with E-state index < -0.39 is 11.9 Å². The number of nitrogens with zero attached hydrogens (tertiary/aromatic N) is 2. The number of nitrogens with two attached hydrogens (primary N) is 1. The van der Waals surface area contributed by atoms with Crippen molar-refractivity contribution in [2.45, 2.75) is 6.92 Å². The van der Waals surface area contributed by atoms with Crippen LogP contribution in [0.4, 0.5) is 16.2 Å². The molecule has 0 aliphatic rings. The van der Waals surface area contributed by atoms with Gasteiger partial charge in [-0.25, -0.2) is 10.2 Å². The van der Waals surface area contributed by atoms with Crippen molar-refractivity contribution in [3.8, 4) is 5.75 Å². The maximum atomic E-state index is 12.7. The highest BCUT2D eigenvalue weighted by atomic mass is 16.5. The van der Waals surface area contributed by atoms with Crippen molar-refractivity contribution in [3.05, 3.63) is 54.6 Å². The first-order chi connectivity index (χ1) is 13.0. The summed E-state index contributed by atoms with van der Waals surface area (Å²) in [7, 11) is 1.50. The minimum atomic E-state index is -0.852. The fourth-order valence-corrected chi connectivity index (χ4v) is 2.05. The molecule has 0 heterocycles. The van der Waals surface area contributed by atoms with Crippen molar-refractivity contribution in [1.82, 2.24) is 5.43 Å². The number of rotatable bonds is 7. The van der Waals surface area contributed by atoms with Crippen LogP contribution in [0.15, 0.2) is 64.8 Å². The van der Waals surface area contributed by atoms with Crippen molar-refractivity contribution in [2.75, 3.05) is 17.9 Å². The van der Waals surface area contributed by atoms with Gasteiger partial charge in [-0.2, -0.15) is 10.2 Å². The summed E-state index contributed by atoms with van der Waals surface area (Å²) in [5.41, 5.74) is 11.1. The number of para-hydroxylation sites is 3. The number of amides is 3. The van der Waals surface area contributed by atoms with Gasteiger partial charge < -0.3 is 15.8 Å². The van der Waals surface area contributed by atoms with Crippen LogP contribution in [0.5, 0.6) is 5.75 Å². The number of benzene rings is 2. The highest BCUT2D eigenvalue weighted by Gasteiger charge is 2.18. The van der Waals surface area contributed by atoms with Gasteiger partial charge in [0.1, 0.15) is 5.75 Å². The molecule has 0 aliphatic heterocycles. The number of carbonyl (C=O) groups is 2. The molecule has 140 valence electrons. The molecular formula is C18H20N6O3. The Bertz CT molecular complexity index is 864. The van der Waals surface area contributed by atoms with E-state index in [1.165, 1.54) is 14.0 Å². The molecule has 5 N–H and O–H groups in total. The van der Waals surface area contributed by atoms with Crippen molar-refractivity contribution < 1.29 is 14.3 Å². The van der Waals surface area contributed by atoms with Crippen LogP contribution in [0, 0.1) is 0 Å². The standard InChI is InChI=1S/C18H20N6O3/c1-12(21-24-18(19)26)16(23-22-13-8-4-3-5-9-13)17(25)20-14-10-6-7-11-15(14)27-2/h3-11,22H,1-2H3,(H,20,25)(H3,19,24,26)/b21-12-,23-16?. The number of primary amides is 1. The molecule has 0 aliphatic carbocycles. The first-order valence-corrected chi connectivity index (χ1v) is 7.94. The number of urea groups is 1. The molecular weight excluding hydrogens is 348 g/mol. The number of hydrazone groups is 2. The van der Waals surface area contributed by atoms with Gasteiger partial charge in [-0.15, -0.1) is 0 Å². The molecule has 0 spiro atoms. The number of carbonyl (C=O) groups excluding carboxylic acids is 2. The second-order valence-corrected chi connectivity index (χ2v) is 5.27. The van der Waals surface area contributed by atoms with Crippen molar-refractivity contribution in [2.24, 2.45) is 15.9 Å². The minimum absolute atomic E-state index is 0.0430. The van der Waals surface area contributed by atoms with Crippen LogP contribution in [0.2, 0.25) is 0 Å². The third-order valence-corrected chi connectivity index (χ3v) is 3.32. The van der Waals surface area contributed by atoms with Crippen molar-refractivity contribution in [1.29, 1.82) is 0 Å². The summed E-state index contributed by atoms with van der Waals surface area (Å²) in [6, 6.07) is 15.2. The Kier molecular flexibility index (Phi) is 6.89. The lowest BCUT2D eigenvalue weighted by molar-refractivity contribution is -0.110. The van der Waals surface area contributed by atoms with E-state index in [9.17, 15) is 9.59 Å². The molecule has 9 nitrogen and oxygen atoms in total. The summed E-state index contributed by atoms with van der Waals surface area (Å²) < 4.78 is 5.22. The molecule has 0 aromatic heterocycles. The van der Waals surface area contributed by atoms with Gasteiger partial charge in [-0.3, -0.25) is 10.2 Å². The van der Waals surface area contributed by atoms with E-state index >= 15 is 0 Å². The lowest BCUT2D eigenvalue weighted by Gasteiger charge is -2.11. The van der Waals surface area contributed by atoms with E-state index in [2.05, 4.69) is 26.4 Å². The summed E-state index contributed by atoms with van der Waals surface area (Å²) in [5.74, 6) is -0.0541. The Balaban J connectivity index is 2.28. The lowest BCUT2D eigenvalue weighted by Crippen LogP contribution is -2.33. The van der Waals surface area contributed by atoms with E-state index in [-0.39, 0.29) is 11.4 Å². The first kappa shape index (κ1) is 19.4. The van der Waals surface area contributed by atoms with Gasteiger partial charge in [-0.1, -0.05) is 30.3 Å². The summed E-state index contributed by atoms with van der Waals surface area (Å²) in [6.07, 6.45) is 0. The van der Waals surface area contributed by atoms with Crippen LogP contribution >= 0.6 is 0 Å². The fourth-order valence-electron chi connectivity index (χ4n) is 2.05. The summed E-state index contributed by atoms with van der Waals surface area (Å²) in [4.78, 5) is 23.6. The molecule has 2 aromatic rings. The Morgan fingerprint density at radius 2 is 1.67 bits per heavy atom. The average Bonchev–Trinajstić information content (AvgIpc) is 2.67. The number of ether oxygens (including phenoxy) is 1. The molecule has 2 rings (SSSR count). The largest absolute Gasteiger partial charge is 0.495 e. The third-order valence-electron chi connectivity index (χ3n) is 3.32. The van der Waals surface area contributed by atoms with Gasteiger partial charge in [0, 0.05) is 0 Å². The second kappa shape index (κ2) is 9.56. The molecule has 0 radical (unpaired) electrons. The zero-order chi connectivity index (χ0) is 19.6. The molecule has 0 saturated heterocycles. The Morgan fingerprint density at radius 3 is 2.33 bits per heavy atom. The summed E-state index contributed by atoms with van der Waals surface area (Å²) in [5, 5.41) is 10.6. The fraction of sp³-hybridized carbons (Fsp3) is 0.111. The zero-order valence-electron chi connectivity index (χ0n) is 14.9.